The number of amides is 2. The summed E-state index contributed by atoms with van der Waals surface area (Å²) >= 11 is 8.40. The number of carbonyl (C=O) groups excluding carboxylic acids is 3. The zero-order chi connectivity index (χ0) is 30.1. The molecule has 3 aromatic rings. The minimum Gasteiger partial charge on any atom is -0.543 e. The first-order valence-corrected chi connectivity index (χ1v) is 14.7. The van der Waals surface area contributed by atoms with Crippen LogP contribution in [0.2, 0.25) is 4.34 Å². The van der Waals surface area contributed by atoms with E-state index in [9.17, 15) is 19.5 Å². The van der Waals surface area contributed by atoms with Crippen molar-refractivity contribution in [2.24, 2.45) is 10.9 Å². The minimum absolute atomic E-state index is 0.00754. The Bertz CT molecular complexity index is 1640. The molecule has 0 unspecified atom stereocenters. The third-order valence-corrected chi connectivity index (χ3v) is 9.01. The van der Waals surface area contributed by atoms with Crippen LogP contribution in [0.5, 0.6) is 0 Å². The summed E-state index contributed by atoms with van der Waals surface area (Å²) in [7, 11) is 1.24. The van der Waals surface area contributed by atoms with Crippen molar-refractivity contribution in [1.29, 1.82) is 5.41 Å². The third-order valence-electron chi connectivity index (χ3n) is 6.58. The minimum atomic E-state index is -1.48. The zero-order valence-electron chi connectivity index (χ0n) is 22.1. The highest BCUT2D eigenvalue weighted by Gasteiger charge is 2.53. The predicted octanol–water partition coefficient (Wildman–Crippen LogP) is -1.95. The van der Waals surface area contributed by atoms with Crippen LogP contribution in [0.1, 0.15) is 12.1 Å². The number of β-lactam (4-membered cyclic amide) rings is 1. The Morgan fingerprint density at radius 1 is 1.40 bits per heavy atom. The number of hydrogen-bond donors (Lipinski definition) is 5. The number of carbonyl (C=O) groups is 3. The Labute approximate surface area is 251 Å². The summed E-state index contributed by atoms with van der Waals surface area (Å²) in [4.78, 5) is 48.4. The number of fused-ring (bicyclic) bond motifs is 2. The molecule has 19 heteroatoms. The predicted molar refractivity (Wildman–Crippen MR) is 152 cm³/mol. The first-order valence-electron chi connectivity index (χ1n) is 12.5. The smallest absolute Gasteiger partial charge is 0.276 e. The quantitative estimate of drug-likeness (QED) is 0.0391. The molecule has 1 fully saturated rings. The summed E-state index contributed by atoms with van der Waals surface area (Å²) in [6.45, 7) is 1.43. The summed E-state index contributed by atoms with van der Waals surface area (Å²) in [5.41, 5.74) is 11.9. The Morgan fingerprint density at radius 3 is 2.86 bits per heavy atom. The summed E-state index contributed by atoms with van der Waals surface area (Å²) in [6.07, 6.45) is 6.32. The molecule has 0 radical (unpaired) electrons. The van der Waals surface area contributed by atoms with Crippen molar-refractivity contribution in [3.63, 3.8) is 0 Å². The number of carboxylic acids is 1. The van der Waals surface area contributed by atoms with E-state index in [1.807, 2.05) is 38.4 Å². The number of hydrogen-bond acceptors (Lipinski definition) is 11. The summed E-state index contributed by atoms with van der Waals surface area (Å²) < 4.78 is 5.86. The van der Waals surface area contributed by atoms with E-state index >= 15 is 0 Å². The Balaban J connectivity index is 1.31. The molecule has 2 atom stereocenters. The molecule has 5 heterocycles. The zero-order valence-corrected chi connectivity index (χ0v) is 24.5. The summed E-state index contributed by atoms with van der Waals surface area (Å²) in [5.74, 6) is -2.66. The van der Waals surface area contributed by atoms with Gasteiger partial charge in [-0.25, -0.2) is 4.98 Å². The molecule has 222 valence electrons. The standard InChI is InChI=1S/C23H26ClN11O5S2/c1-40-31-14(13-17(24)42-23(27)30-13)18(36)29-15-19(37)35-16(21(38)39)11(10-41-20(15)35)9-33-6-3-12-32(7-8-34(12)33)5-2-4-28-22(25)26/h3,6-8,15,20H,2,4-5,9-10H2,1H3,(H7-,25,26,27,28,29,30,36,38,39)/b31-14-/t15-,20-/m1/s1. The van der Waals surface area contributed by atoms with E-state index < -0.39 is 29.2 Å². The highest BCUT2D eigenvalue weighted by Crippen LogP contribution is 2.40. The van der Waals surface area contributed by atoms with Gasteiger partial charge in [0.1, 0.15) is 28.6 Å². The van der Waals surface area contributed by atoms with Crippen LogP contribution in [0.4, 0.5) is 5.13 Å². The van der Waals surface area contributed by atoms with E-state index in [1.165, 1.54) is 18.9 Å². The molecule has 16 nitrogen and oxygen atoms in total. The highest BCUT2D eigenvalue weighted by molar-refractivity contribution is 8.00. The van der Waals surface area contributed by atoms with Crippen LogP contribution in [0, 0.1) is 5.41 Å². The molecular weight excluding hydrogens is 610 g/mol. The lowest BCUT2D eigenvalue weighted by molar-refractivity contribution is -0.753. The van der Waals surface area contributed by atoms with Crippen LogP contribution in [0.15, 0.2) is 41.1 Å². The average Bonchev–Trinajstić information content (AvgIpc) is 3.63. The second-order valence-electron chi connectivity index (χ2n) is 9.20. The molecule has 0 bridgehead atoms. The van der Waals surface area contributed by atoms with E-state index in [2.05, 4.69) is 20.8 Å². The molecule has 2 aliphatic heterocycles. The number of halogens is 1. The van der Waals surface area contributed by atoms with Gasteiger partial charge in [-0.2, -0.15) is 0 Å². The lowest BCUT2D eigenvalue weighted by Gasteiger charge is -2.50. The van der Waals surface area contributed by atoms with Gasteiger partial charge < -0.3 is 41.4 Å². The van der Waals surface area contributed by atoms with Crippen molar-refractivity contribution >= 4 is 74.9 Å². The lowest BCUT2D eigenvalue weighted by atomic mass is 10.0. The van der Waals surface area contributed by atoms with Gasteiger partial charge in [-0.05, 0) is 6.42 Å². The molecule has 1 saturated heterocycles. The Kier molecular flexibility index (Phi) is 8.28. The van der Waals surface area contributed by atoms with Crippen molar-refractivity contribution in [2.45, 2.75) is 30.9 Å². The van der Waals surface area contributed by atoms with Crippen molar-refractivity contribution < 1.29 is 29.0 Å². The van der Waals surface area contributed by atoms with E-state index in [0.29, 0.717) is 18.7 Å². The number of anilines is 1. The number of aryl methyl sites for hydroxylation is 1. The SMILES string of the molecule is CO/N=C(\C(=O)N[C@@H]1C(=O)N2C(C(=O)[O-])=C(C[n+]3ccc4n(CCCNC(=N)N)ccn43)CS[C@H]12)c1nc(N)sc1Cl. The van der Waals surface area contributed by atoms with Gasteiger partial charge in [0.25, 0.3) is 11.8 Å². The molecule has 2 amide bonds. The van der Waals surface area contributed by atoms with Crippen LogP contribution >= 0.6 is 34.7 Å². The van der Waals surface area contributed by atoms with Gasteiger partial charge in [-0.1, -0.05) is 28.1 Å². The van der Waals surface area contributed by atoms with Gasteiger partial charge in [0, 0.05) is 30.6 Å². The van der Waals surface area contributed by atoms with Gasteiger partial charge >= 0.3 is 0 Å². The molecular formula is C23H26ClN11O5S2. The number of aromatic nitrogens is 4. The molecule has 0 aromatic carbocycles. The number of oxime groups is 1. The van der Waals surface area contributed by atoms with E-state index in [0.717, 1.165) is 28.3 Å². The maximum Gasteiger partial charge on any atom is 0.276 e. The summed E-state index contributed by atoms with van der Waals surface area (Å²) in [5, 5.41) is 28.0. The van der Waals surface area contributed by atoms with Crippen molar-refractivity contribution in [3.8, 4) is 0 Å². The molecule has 5 rings (SSSR count). The fourth-order valence-corrected chi connectivity index (χ4v) is 7.04. The first kappa shape index (κ1) is 29.2. The average molecular weight is 636 g/mol. The van der Waals surface area contributed by atoms with Crippen molar-refractivity contribution in [3.05, 3.63) is 46.0 Å². The maximum absolute atomic E-state index is 13.2. The number of thiazole rings is 1. The number of rotatable bonds is 11. The van der Waals surface area contributed by atoms with Crippen molar-refractivity contribution in [1.82, 2.24) is 29.6 Å². The van der Waals surface area contributed by atoms with E-state index in [-0.39, 0.29) is 44.8 Å². The highest BCUT2D eigenvalue weighted by atomic mass is 35.5. The van der Waals surface area contributed by atoms with Crippen LogP contribution in [-0.2, 0) is 32.3 Å². The largest absolute Gasteiger partial charge is 0.543 e. The molecule has 2 aliphatic rings. The monoisotopic (exact) mass is 635 g/mol. The number of thioether (sulfide) groups is 1. The second kappa shape index (κ2) is 11.9. The fraction of sp³-hybridized carbons (Fsp3) is 0.348. The van der Waals surface area contributed by atoms with Crippen LogP contribution < -0.4 is 31.9 Å². The Hall–Kier alpha value is -4.29. The molecule has 3 aromatic heterocycles. The molecule has 0 saturated carbocycles. The second-order valence-corrected chi connectivity index (χ2v) is 11.9. The number of guanidine groups is 1. The number of imidazole rings is 1. The first-order chi connectivity index (χ1) is 20.1. The number of nitrogen functional groups attached to an aromatic ring is 1. The van der Waals surface area contributed by atoms with Crippen LogP contribution in [0.3, 0.4) is 0 Å². The number of nitrogens with two attached hydrogens (primary N) is 2. The number of aliphatic carboxylic acids is 1. The molecule has 42 heavy (non-hydrogen) atoms. The molecule has 0 spiro atoms. The summed E-state index contributed by atoms with van der Waals surface area (Å²) in [6, 6.07) is 0.882. The van der Waals surface area contributed by atoms with Gasteiger partial charge in [0.2, 0.25) is 0 Å². The van der Waals surface area contributed by atoms with Crippen molar-refractivity contribution in [2.75, 3.05) is 25.1 Å². The topological polar surface area (TPSA) is 225 Å². The van der Waals surface area contributed by atoms with Crippen LogP contribution in [0.25, 0.3) is 5.65 Å². The van der Waals surface area contributed by atoms with E-state index in [1.54, 1.807) is 0 Å². The maximum atomic E-state index is 13.2. The number of carboxylic acid groups (broad SMARTS) is 1. The lowest BCUT2D eigenvalue weighted by Crippen LogP contribution is -2.71. The third kappa shape index (κ3) is 5.47. The molecule has 7 N–H and O–H groups in total. The Morgan fingerprint density at radius 2 is 2.19 bits per heavy atom. The van der Waals surface area contributed by atoms with Crippen LogP contribution in [-0.4, -0.2) is 79.2 Å². The van der Waals surface area contributed by atoms with Gasteiger partial charge in [0.15, 0.2) is 35.2 Å². The molecule has 0 aliphatic carbocycles. The number of nitrogens with one attached hydrogen (secondary N) is 3. The number of nitrogens with zero attached hydrogens (tertiary/aromatic N) is 6. The van der Waals surface area contributed by atoms with Gasteiger partial charge in [0.05, 0.1) is 23.9 Å². The van der Waals surface area contributed by atoms with E-state index in [4.69, 9.17) is 33.3 Å². The van der Waals surface area contributed by atoms with Gasteiger partial charge in [-0.15, -0.1) is 21.0 Å². The normalized spacial score (nSPS) is 18.6. The fourth-order valence-electron chi connectivity index (χ4n) is 4.78. The van der Waals surface area contributed by atoms with Gasteiger partial charge in [-0.3, -0.25) is 19.9 Å².